The Kier molecular flexibility index (Phi) is 36.3. The Balaban J connectivity index is 4.47. The number of carbonyl (C=O) groups excluding carboxylic acids is 2. The number of aliphatic hydroxyl groups is 2. The zero-order valence-corrected chi connectivity index (χ0v) is 33.9. The molecule has 0 radical (unpaired) electrons. The van der Waals surface area contributed by atoms with Crippen molar-refractivity contribution in [3.8, 4) is 0 Å². The molecule has 10 nitrogen and oxygen atoms in total. The molecular formula is C42H73O10P. The molecule has 53 heavy (non-hydrogen) atoms. The molecule has 3 N–H and O–H groups in total. The summed E-state index contributed by atoms with van der Waals surface area (Å²) in [6.45, 7) is 2.24. The van der Waals surface area contributed by atoms with Gasteiger partial charge >= 0.3 is 19.8 Å². The minimum absolute atomic E-state index is 0.104. The summed E-state index contributed by atoms with van der Waals surface area (Å²) < 4.78 is 32.6. The van der Waals surface area contributed by atoms with Crippen molar-refractivity contribution in [1.29, 1.82) is 0 Å². The van der Waals surface area contributed by atoms with Crippen molar-refractivity contribution >= 4 is 19.8 Å². The summed E-state index contributed by atoms with van der Waals surface area (Å²) in [5, 5.41) is 18.3. The molecule has 0 aliphatic carbocycles. The normalized spacial score (nSPS) is 14.6. The zero-order valence-electron chi connectivity index (χ0n) is 33.0. The van der Waals surface area contributed by atoms with Crippen molar-refractivity contribution < 1.29 is 47.8 Å². The molecule has 0 saturated heterocycles. The van der Waals surface area contributed by atoms with Crippen molar-refractivity contribution in [2.24, 2.45) is 0 Å². The first-order chi connectivity index (χ1) is 25.7. The third-order valence-corrected chi connectivity index (χ3v) is 9.10. The fraction of sp³-hybridized carbons (Fsp3) is 0.714. The minimum Gasteiger partial charge on any atom is -0.462 e. The molecule has 0 aromatic heterocycles. The minimum atomic E-state index is -4.63. The zero-order chi connectivity index (χ0) is 39.1. The number of allylic oxidation sites excluding steroid dienone is 10. The monoisotopic (exact) mass is 768 g/mol. The lowest BCUT2D eigenvalue weighted by atomic mass is 10.1. The van der Waals surface area contributed by atoms with Gasteiger partial charge in [-0.3, -0.25) is 18.6 Å². The van der Waals surface area contributed by atoms with Crippen LogP contribution < -0.4 is 0 Å². The summed E-state index contributed by atoms with van der Waals surface area (Å²) in [6.07, 6.45) is 40.5. The first kappa shape index (κ1) is 50.7. The SMILES string of the molecule is CCCCC/C=C/C/C=C/C/C=C/C/C=C/CCCC(=O)O[C@H](COC(=O)CCCCCCC/C=C/CCCCCC)COP(=O)(O)OC[C@@H](O)CO. The van der Waals surface area contributed by atoms with Crippen LogP contribution in [0.5, 0.6) is 0 Å². The Morgan fingerprint density at radius 3 is 1.58 bits per heavy atom. The highest BCUT2D eigenvalue weighted by atomic mass is 31.2. The van der Waals surface area contributed by atoms with E-state index in [1.807, 2.05) is 12.2 Å². The van der Waals surface area contributed by atoms with Gasteiger partial charge in [-0.15, -0.1) is 0 Å². The van der Waals surface area contributed by atoms with Crippen molar-refractivity contribution in [2.45, 2.75) is 167 Å². The topological polar surface area (TPSA) is 149 Å². The van der Waals surface area contributed by atoms with Crippen molar-refractivity contribution in [3.05, 3.63) is 60.8 Å². The van der Waals surface area contributed by atoms with E-state index in [1.165, 1.54) is 44.9 Å². The van der Waals surface area contributed by atoms with Gasteiger partial charge in [-0.25, -0.2) is 4.57 Å². The van der Waals surface area contributed by atoms with E-state index in [0.29, 0.717) is 19.3 Å². The molecule has 0 aliphatic heterocycles. The van der Waals surface area contributed by atoms with Gasteiger partial charge in [-0.1, -0.05) is 126 Å². The largest absolute Gasteiger partial charge is 0.472 e. The molecule has 1 unspecified atom stereocenters. The maximum absolute atomic E-state index is 12.6. The standard InChI is InChI=1S/C42H73O10P/c1-3-5-7-9-11-13-15-17-18-19-20-22-24-26-28-30-32-34-42(46)52-40(38-51-53(47,48)50-36-39(44)35-43)37-49-41(45)33-31-29-27-25-23-21-16-14-12-10-8-6-4-2/h11,13-14,16-18,20,22,26,28,39-40,43-44H,3-10,12,15,19,21,23-25,27,29-38H2,1-2H3,(H,47,48)/b13-11+,16-14+,18-17+,22-20+,28-26+/t39-,40+/m0/s1. The fourth-order valence-electron chi connectivity index (χ4n) is 4.98. The number of ether oxygens (including phenoxy) is 2. The third kappa shape index (κ3) is 37.8. The first-order valence-corrected chi connectivity index (χ1v) is 21.7. The number of phosphoric ester groups is 1. The summed E-state index contributed by atoms with van der Waals surface area (Å²) in [6, 6.07) is 0. The lowest BCUT2D eigenvalue weighted by Gasteiger charge is -2.20. The molecule has 0 rings (SSSR count). The van der Waals surface area contributed by atoms with Gasteiger partial charge in [-0.05, 0) is 77.0 Å². The fourth-order valence-corrected chi connectivity index (χ4v) is 5.77. The summed E-state index contributed by atoms with van der Waals surface area (Å²) in [4.78, 5) is 34.9. The van der Waals surface area contributed by atoms with Crippen molar-refractivity contribution in [2.75, 3.05) is 26.4 Å². The number of unbranched alkanes of at least 4 members (excludes halogenated alkanes) is 13. The van der Waals surface area contributed by atoms with Crippen LogP contribution in [0, 0.1) is 0 Å². The predicted molar refractivity (Wildman–Crippen MR) is 214 cm³/mol. The predicted octanol–water partition coefficient (Wildman–Crippen LogP) is 10.3. The molecule has 11 heteroatoms. The van der Waals surface area contributed by atoms with Crippen molar-refractivity contribution in [3.63, 3.8) is 0 Å². The molecule has 0 saturated carbocycles. The van der Waals surface area contributed by atoms with E-state index < -0.39 is 51.8 Å². The molecule has 0 bridgehead atoms. The van der Waals surface area contributed by atoms with E-state index in [0.717, 1.165) is 64.2 Å². The van der Waals surface area contributed by atoms with Crippen LogP contribution in [0.3, 0.4) is 0 Å². The Labute approximate surface area is 321 Å². The molecule has 0 spiro atoms. The maximum atomic E-state index is 12.6. The second-order valence-electron chi connectivity index (χ2n) is 13.3. The van der Waals surface area contributed by atoms with Gasteiger partial charge in [0, 0.05) is 12.8 Å². The number of rotatable bonds is 37. The molecule has 0 fully saturated rings. The van der Waals surface area contributed by atoms with Gasteiger partial charge in [0.15, 0.2) is 6.10 Å². The number of aliphatic hydroxyl groups excluding tert-OH is 2. The van der Waals surface area contributed by atoms with E-state index in [1.54, 1.807) is 0 Å². The first-order valence-electron chi connectivity index (χ1n) is 20.2. The molecule has 0 aromatic rings. The number of hydrogen-bond donors (Lipinski definition) is 3. The highest BCUT2D eigenvalue weighted by molar-refractivity contribution is 7.47. The Morgan fingerprint density at radius 2 is 1.00 bits per heavy atom. The van der Waals surface area contributed by atoms with Gasteiger partial charge in [0.2, 0.25) is 0 Å². The van der Waals surface area contributed by atoms with Crippen LogP contribution in [0.1, 0.15) is 155 Å². The summed E-state index contributed by atoms with van der Waals surface area (Å²) in [7, 11) is -4.63. The lowest BCUT2D eigenvalue weighted by molar-refractivity contribution is -0.161. The van der Waals surface area contributed by atoms with E-state index >= 15 is 0 Å². The van der Waals surface area contributed by atoms with Crippen LogP contribution in [0.2, 0.25) is 0 Å². The number of hydrogen-bond acceptors (Lipinski definition) is 9. The summed E-state index contributed by atoms with van der Waals surface area (Å²) in [5.74, 6) is -1.01. The van der Waals surface area contributed by atoms with Gasteiger partial charge in [0.25, 0.3) is 0 Å². The Bertz CT molecular complexity index is 1070. The molecule has 0 aliphatic rings. The van der Waals surface area contributed by atoms with Gasteiger partial charge in [-0.2, -0.15) is 0 Å². The number of esters is 2. The Morgan fingerprint density at radius 1 is 0.566 bits per heavy atom. The van der Waals surface area contributed by atoms with Crippen LogP contribution in [0.15, 0.2) is 60.8 Å². The molecule has 0 amide bonds. The van der Waals surface area contributed by atoms with Gasteiger partial charge in [0.05, 0.1) is 19.8 Å². The van der Waals surface area contributed by atoms with Crippen LogP contribution in [0.4, 0.5) is 0 Å². The van der Waals surface area contributed by atoms with Crippen LogP contribution in [-0.4, -0.2) is 65.7 Å². The van der Waals surface area contributed by atoms with Crippen LogP contribution >= 0.6 is 7.82 Å². The van der Waals surface area contributed by atoms with E-state index in [2.05, 4.69) is 67.0 Å². The van der Waals surface area contributed by atoms with E-state index in [4.69, 9.17) is 19.1 Å². The third-order valence-electron chi connectivity index (χ3n) is 8.14. The quantitative estimate of drug-likeness (QED) is 0.0241. The number of phosphoric acid groups is 1. The van der Waals surface area contributed by atoms with Crippen molar-refractivity contribution in [1.82, 2.24) is 0 Å². The van der Waals surface area contributed by atoms with Crippen LogP contribution in [-0.2, 0) is 32.7 Å². The average molecular weight is 769 g/mol. The van der Waals surface area contributed by atoms with Gasteiger partial charge in [0.1, 0.15) is 12.7 Å². The molecule has 0 aromatic carbocycles. The molecular weight excluding hydrogens is 695 g/mol. The van der Waals surface area contributed by atoms with Crippen LogP contribution in [0.25, 0.3) is 0 Å². The summed E-state index contributed by atoms with van der Waals surface area (Å²) in [5.41, 5.74) is 0. The average Bonchev–Trinajstić information content (AvgIpc) is 3.14. The molecule has 0 heterocycles. The highest BCUT2D eigenvalue weighted by Gasteiger charge is 2.27. The smallest absolute Gasteiger partial charge is 0.462 e. The second kappa shape index (κ2) is 38.0. The highest BCUT2D eigenvalue weighted by Crippen LogP contribution is 2.43. The maximum Gasteiger partial charge on any atom is 0.472 e. The molecule has 306 valence electrons. The van der Waals surface area contributed by atoms with E-state index in [-0.39, 0.29) is 19.4 Å². The summed E-state index contributed by atoms with van der Waals surface area (Å²) >= 11 is 0. The lowest BCUT2D eigenvalue weighted by Crippen LogP contribution is -2.29. The Hall–Kier alpha value is -2.33. The second-order valence-corrected chi connectivity index (χ2v) is 14.8. The van der Waals surface area contributed by atoms with E-state index in [9.17, 15) is 24.2 Å². The molecule has 3 atom stereocenters. The number of carbonyl (C=O) groups is 2. The van der Waals surface area contributed by atoms with Gasteiger partial charge < -0.3 is 24.6 Å².